The monoisotopic (exact) mass is 612 g/mol. The molecule has 0 radical (unpaired) electrons. The van der Waals surface area contributed by atoms with Gasteiger partial charge in [-0.3, -0.25) is 0 Å². The average Bonchev–Trinajstić information content (AvgIpc) is 3.05. The van der Waals surface area contributed by atoms with Gasteiger partial charge in [0.1, 0.15) is 23.0 Å². The van der Waals surface area contributed by atoms with Gasteiger partial charge in [0.15, 0.2) is 23.0 Å². The molecular formula is C38H32N2O6. The summed E-state index contributed by atoms with van der Waals surface area (Å²) >= 11 is 0. The molecule has 6 aromatic rings. The van der Waals surface area contributed by atoms with Crippen LogP contribution >= 0.6 is 0 Å². The molecule has 8 nitrogen and oxygen atoms in total. The van der Waals surface area contributed by atoms with Crippen molar-refractivity contribution in [3.63, 3.8) is 0 Å². The van der Waals surface area contributed by atoms with Crippen molar-refractivity contribution in [3.8, 4) is 57.1 Å². The lowest BCUT2D eigenvalue weighted by molar-refractivity contribution is 0.403. The first-order valence-corrected chi connectivity index (χ1v) is 14.5. The van der Waals surface area contributed by atoms with Crippen LogP contribution in [-0.2, 0) is 12.8 Å². The first-order chi connectivity index (χ1) is 22.2. The van der Waals surface area contributed by atoms with Crippen LogP contribution in [0.5, 0.6) is 46.0 Å². The van der Waals surface area contributed by atoms with E-state index in [2.05, 4.69) is 0 Å². The van der Waals surface area contributed by atoms with Crippen LogP contribution in [0.25, 0.3) is 11.1 Å². The number of phenols is 4. The quantitative estimate of drug-likeness (QED) is 0.0708. The van der Waals surface area contributed by atoms with Crippen LogP contribution in [0.1, 0.15) is 22.3 Å². The topological polar surface area (TPSA) is 151 Å². The summed E-state index contributed by atoms with van der Waals surface area (Å²) in [5.74, 6) is 1.93. The van der Waals surface area contributed by atoms with E-state index in [0.717, 1.165) is 33.4 Å². The third-order valence-electron chi connectivity index (χ3n) is 7.61. The Morgan fingerprint density at radius 2 is 0.761 bits per heavy atom. The molecule has 0 aliphatic rings. The number of aromatic hydroxyl groups is 4. The van der Waals surface area contributed by atoms with Gasteiger partial charge in [-0.15, -0.1) is 0 Å². The summed E-state index contributed by atoms with van der Waals surface area (Å²) in [6.07, 6.45) is 0.945. The highest BCUT2D eigenvalue weighted by molar-refractivity contribution is 5.65. The second-order valence-corrected chi connectivity index (χ2v) is 11.0. The Labute approximate surface area is 266 Å². The molecule has 6 rings (SSSR count). The molecule has 0 atom stereocenters. The lowest BCUT2D eigenvalue weighted by atomic mass is 10.0. The minimum Gasteiger partial charge on any atom is -0.504 e. The molecule has 0 unspecified atom stereocenters. The Balaban J connectivity index is 1.10. The molecule has 0 saturated carbocycles. The van der Waals surface area contributed by atoms with Gasteiger partial charge in [-0.05, 0) is 131 Å². The molecule has 0 spiro atoms. The fraction of sp³-hybridized carbons (Fsp3) is 0.0526. The van der Waals surface area contributed by atoms with E-state index in [0.29, 0.717) is 47.2 Å². The van der Waals surface area contributed by atoms with Gasteiger partial charge >= 0.3 is 0 Å². The Morgan fingerprint density at radius 3 is 1.13 bits per heavy atom. The average molecular weight is 613 g/mol. The summed E-state index contributed by atoms with van der Waals surface area (Å²) in [7, 11) is 0. The maximum absolute atomic E-state index is 9.82. The van der Waals surface area contributed by atoms with Gasteiger partial charge in [0.25, 0.3) is 0 Å². The van der Waals surface area contributed by atoms with Crippen LogP contribution in [0, 0.1) is 0 Å². The molecule has 0 aliphatic carbocycles. The van der Waals surface area contributed by atoms with Crippen molar-refractivity contribution >= 4 is 11.4 Å². The van der Waals surface area contributed by atoms with E-state index in [1.807, 2.05) is 72.8 Å². The van der Waals surface area contributed by atoms with Crippen LogP contribution in [0.2, 0.25) is 0 Å². The number of nitrogens with two attached hydrogens (primary N) is 2. The zero-order chi connectivity index (χ0) is 32.2. The van der Waals surface area contributed by atoms with Crippen molar-refractivity contribution < 1.29 is 29.9 Å². The van der Waals surface area contributed by atoms with E-state index in [1.54, 1.807) is 24.3 Å². The van der Waals surface area contributed by atoms with Crippen molar-refractivity contribution in [1.29, 1.82) is 0 Å². The van der Waals surface area contributed by atoms with Crippen LogP contribution in [0.3, 0.4) is 0 Å². The Hall–Kier alpha value is -6.28. The Morgan fingerprint density at radius 1 is 0.391 bits per heavy atom. The van der Waals surface area contributed by atoms with E-state index in [4.69, 9.17) is 20.9 Å². The fourth-order valence-corrected chi connectivity index (χ4v) is 5.10. The molecule has 0 heterocycles. The van der Waals surface area contributed by atoms with Crippen LogP contribution in [0.15, 0.2) is 121 Å². The largest absolute Gasteiger partial charge is 0.504 e. The van der Waals surface area contributed by atoms with Crippen molar-refractivity contribution in [2.24, 2.45) is 0 Å². The predicted molar refractivity (Wildman–Crippen MR) is 179 cm³/mol. The van der Waals surface area contributed by atoms with Gasteiger partial charge in [0, 0.05) is 11.4 Å². The Kier molecular flexibility index (Phi) is 8.26. The molecular weight excluding hydrogens is 580 g/mol. The number of phenolic OH excluding ortho intramolecular Hbond substituents is 4. The summed E-state index contributed by atoms with van der Waals surface area (Å²) in [4.78, 5) is 0. The van der Waals surface area contributed by atoms with Gasteiger partial charge < -0.3 is 41.4 Å². The second kappa shape index (κ2) is 12.8. The summed E-state index contributed by atoms with van der Waals surface area (Å²) in [5.41, 5.74) is 18.9. The van der Waals surface area contributed by atoms with E-state index in [9.17, 15) is 20.4 Å². The molecule has 8 heteroatoms. The third-order valence-corrected chi connectivity index (χ3v) is 7.61. The van der Waals surface area contributed by atoms with E-state index < -0.39 is 0 Å². The molecule has 8 N–H and O–H groups in total. The maximum Gasteiger partial charge on any atom is 0.157 e. The number of hydrogen-bond donors (Lipinski definition) is 6. The van der Waals surface area contributed by atoms with Gasteiger partial charge in [-0.2, -0.15) is 0 Å². The number of hydrogen-bond acceptors (Lipinski definition) is 8. The minimum absolute atomic E-state index is 0.166. The van der Waals surface area contributed by atoms with Gasteiger partial charge in [-0.25, -0.2) is 0 Å². The standard InChI is InChI=1S/C38H32N2O6/c39-33-13-11-31(21-27(33)17-23-1-15-35(41)37(43)19-23)45-29-7-3-25(4-8-29)26-5-9-30(10-6-26)46-32-12-14-34(40)28(22-32)18-24-2-16-36(42)38(44)20-24/h1-16,19-22,41-44H,17-18,39-40H2. The van der Waals surface area contributed by atoms with Gasteiger partial charge in [0.2, 0.25) is 0 Å². The van der Waals surface area contributed by atoms with Crippen molar-refractivity contribution in [2.45, 2.75) is 12.8 Å². The SMILES string of the molecule is Nc1ccc(Oc2ccc(-c3ccc(Oc4ccc(N)c(Cc5ccc(O)c(O)c5)c4)cc3)cc2)cc1Cc1ccc(O)c(O)c1. The molecule has 6 aromatic carbocycles. The van der Waals surface area contributed by atoms with E-state index >= 15 is 0 Å². The number of anilines is 2. The molecule has 0 amide bonds. The molecule has 230 valence electrons. The zero-order valence-corrected chi connectivity index (χ0v) is 24.7. The highest BCUT2D eigenvalue weighted by Crippen LogP contribution is 2.33. The van der Waals surface area contributed by atoms with Crippen LogP contribution < -0.4 is 20.9 Å². The zero-order valence-electron chi connectivity index (χ0n) is 24.7. The third kappa shape index (κ3) is 6.92. The van der Waals surface area contributed by atoms with Gasteiger partial charge in [0.05, 0.1) is 0 Å². The number of nitrogen functional groups attached to an aromatic ring is 2. The summed E-state index contributed by atoms with van der Waals surface area (Å²) in [6.45, 7) is 0. The number of benzene rings is 6. The lowest BCUT2D eigenvalue weighted by Gasteiger charge is -2.12. The van der Waals surface area contributed by atoms with Crippen LogP contribution in [0.4, 0.5) is 11.4 Å². The van der Waals surface area contributed by atoms with E-state index in [1.165, 1.54) is 24.3 Å². The Bertz CT molecular complexity index is 1860. The first-order valence-electron chi connectivity index (χ1n) is 14.5. The molecule has 46 heavy (non-hydrogen) atoms. The normalized spacial score (nSPS) is 10.9. The maximum atomic E-state index is 9.82. The molecule has 0 aliphatic heterocycles. The predicted octanol–water partition coefficient (Wildman–Crippen LogP) is 8.11. The minimum atomic E-state index is -0.174. The molecule has 0 bridgehead atoms. The molecule has 0 saturated heterocycles. The molecule has 0 aromatic heterocycles. The second-order valence-electron chi connectivity index (χ2n) is 11.0. The fourth-order valence-electron chi connectivity index (χ4n) is 5.10. The van der Waals surface area contributed by atoms with E-state index in [-0.39, 0.29) is 23.0 Å². The smallest absolute Gasteiger partial charge is 0.157 e. The lowest BCUT2D eigenvalue weighted by Crippen LogP contribution is -1.97. The summed E-state index contributed by atoms with van der Waals surface area (Å²) in [6, 6.07) is 35.9. The number of rotatable bonds is 9. The first kappa shape index (κ1) is 29.8. The summed E-state index contributed by atoms with van der Waals surface area (Å²) in [5, 5.41) is 38.8. The molecule has 0 fully saturated rings. The number of ether oxygens (including phenoxy) is 2. The highest BCUT2D eigenvalue weighted by atomic mass is 16.5. The van der Waals surface area contributed by atoms with Crippen molar-refractivity contribution in [2.75, 3.05) is 11.5 Å². The van der Waals surface area contributed by atoms with Crippen LogP contribution in [-0.4, -0.2) is 20.4 Å². The van der Waals surface area contributed by atoms with Gasteiger partial charge in [-0.1, -0.05) is 36.4 Å². The van der Waals surface area contributed by atoms with Crippen molar-refractivity contribution in [3.05, 3.63) is 144 Å². The van der Waals surface area contributed by atoms with Crippen molar-refractivity contribution in [1.82, 2.24) is 0 Å². The highest BCUT2D eigenvalue weighted by Gasteiger charge is 2.10. The summed E-state index contributed by atoms with van der Waals surface area (Å²) < 4.78 is 12.2.